The van der Waals surface area contributed by atoms with Gasteiger partial charge in [-0.15, -0.1) is 0 Å². The Balaban J connectivity index is 2.76. The van der Waals surface area contributed by atoms with Gasteiger partial charge in [0.2, 0.25) is 11.7 Å². The molecule has 3 nitrogen and oxygen atoms in total. The highest BCUT2D eigenvalue weighted by atomic mass is 19.2. The Bertz CT molecular complexity index is 687. The van der Waals surface area contributed by atoms with Gasteiger partial charge < -0.3 is 0 Å². The number of hydrogen-bond donors (Lipinski definition) is 0. The van der Waals surface area contributed by atoms with Crippen LogP contribution < -0.4 is 4.90 Å². The predicted molar refractivity (Wildman–Crippen MR) is 58.1 cm³/mol. The first-order valence-electron chi connectivity index (χ1n) is 5.16. The highest BCUT2D eigenvalue weighted by molar-refractivity contribution is 6.31. The molecule has 9 heteroatoms. The molecule has 0 saturated heterocycles. The third kappa shape index (κ3) is 1.84. The second-order valence-corrected chi connectivity index (χ2v) is 3.80. The van der Waals surface area contributed by atoms with E-state index < -0.39 is 62.9 Å². The average Bonchev–Trinajstić information content (AvgIpc) is 2.64. The Morgan fingerprint density at radius 3 is 1.48 bits per heavy atom. The number of amides is 2. The van der Waals surface area contributed by atoms with E-state index in [2.05, 4.69) is 6.58 Å². The maximum Gasteiger partial charge on any atom is 0.297 e. The molecule has 0 fully saturated rings. The minimum atomic E-state index is -2.22. The lowest BCUT2D eigenvalue weighted by Crippen LogP contribution is -2.33. The van der Waals surface area contributed by atoms with Crippen LogP contribution in [0.4, 0.5) is 32.0 Å². The molecule has 1 aliphatic rings. The van der Waals surface area contributed by atoms with Gasteiger partial charge in [0, 0.05) is 0 Å². The van der Waals surface area contributed by atoms with E-state index in [0.29, 0.717) is 6.08 Å². The minimum absolute atomic E-state index is 0.452. The molecule has 110 valence electrons. The zero-order valence-electron chi connectivity index (χ0n) is 9.82. The van der Waals surface area contributed by atoms with Crippen LogP contribution in [0.5, 0.6) is 0 Å². The molecule has 1 aromatic carbocycles. The van der Waals surface area contributed by atoms with E-state index in [-0.39, 0.29) is 0 Å². The van der Waals surface area contributed by atoms with Gasteiger partial charge in [-0.2, -0.15) is 8.78 Å². The molecular formula is C12H3F6NO2. The number of carbonyl (C=O) groups is 2. The number of benzene rings is 1. The Labute approximate surface area is 112 Å². The largest absolute Gasteiger partial charge is 0.297 e. The van der Waals surface area contributed by atoms with Crippen LogP contribution in [0.1, 0.15) is 5.56 Å². The normalized spacial score (nSPS) is 15.2. The molecule has 0 saturated carbocycles. The van der Waals surface area contributed by atoms with Gasteiger partial charge in [-0.25, -0.2) is 22.5 Å². The number of anilines is 1. The maximum atomic E-state index is 13.7. The summed E-state index contributed by atoms with van der Waals surface area (Å²) >= 11 is 0. The fourth-order valence-electron chi connectivity index (χ4n) is 1.69. The summed E-state index contributed by atoms with van der Waals surface area (Å²) in [5.41, 5.74) is -3.03. The highest BCUT2D eigenvalue weighted by Crippen LogP contribution is 2.36. The van der Waals surface area contributed by atoms with E-state index in [1.54, 1.807) is 0 Å². The Hall–Kier alpha value is -2.58. The second-order valence-electron chi connectivity index (χ2n) is 3.80. The zero-order chi connectivity index (χ0) is 16.1. The minimum Gasteiger partial charge on any atom is -0.265 e. The van der Waals surface area contributed by atoms with Crippen molar-refractivity contribution < 1.29 is 35.9 Å². The van der Waals surface area contributed by atoms with Crippen LogP contribution >= 0.6 is 0 Å². The summed E-state index contributed by atoms with van der Waals surface area (Å²) in [7, 11) is 0. The van der Waals surface area contributed by atoms with Crippen LogP contribution in [0.15, 0.2) is 18.2 Å². The average molecular weight is 307 g/mol. The SMILES string of the molecule is C=Cc1c(F)c(F)c(N2C(=O)C(F)=C(F)C2=O)c(F)c1F. The quantitative estimate of drug-likeness (QED) is 0.478. The first-order chi connectivity index (χ1) is 9.73. The summed E-state index contributed by atoms with van der Waals surface area (Å²) in [6, 6.07) is 0. The van der Waals surface area contributed by atoms with E-state index in [9.17, 15) is 35.9 Å². The van der Waals surface area contributed by atoms with Gasteiger partial charge >= 0.3 is 0 Å². The third-order valence-corrected chi connectivity index (χ3v) is 2.68. The van der Waals surface area contributed by atoms with Gasteiger partial charge in [0.15, 0.2) is 23.3 Å². The standard InChI is InChI=1S/C12H3F6NO2/c1-2-3-4(13)6(15)10(7(16)5(3)14)19-11(20)8(17)9(18)12(19)21/h2H,1H2. The molecule has 0 aromatic heterocycles. The molecule has 2 rings (SSSR count). The fraction of sp³-hybridized carbons (Fsp3) is 0. The van der Waals surface area contributed by atoms with Crippen molar-refractivity contribution >= 4 is 23.6 Å². The van der Waals surface area contributed by atoms with Crippen LogP contribution in [0.2, 0.25) is 0 Å². The van der Waals surface area contributed by atoms with Gasteiger partial charge in [-0.1, -0.05) is 12.7 Å². The van der Waals surface area contributed by atoms with Gasteiger partial charge in [-0.05, 0) is 0 Å². The summed E-state index contributed by atoms with van der Waals surface area (Å²) in [5.74, 6) is -16.8. The first kappa shape index (κ1) is 14.8. The van der Waals surface area contributed by atoms with E-state index in [1.165, 1.54) is 0 Å². The van der Waals surface area contributed by atoms with Gasteiger partial charge in [0.05, 0.1) is 5.56 Å². The highest BCUT2D eigenvalue weighted by Gasteiger charge is 2.45. The monoisotopic (exact) mass is 307 g/mol. The molecule has 0 N–H and O–H groups in total. The van der Waals surface area contributed by atoms with Crippen molar-refractivity contribution in [2.45, 2.75) is 0 Å². The van der Waals surface area contributed by atoms with Crippen LogP contribution in [-0.2, 0) is 9.59 Å². The molecule has 0 radical (unpaired) electrons. The van der Waals surface area contributed by atoms with Crippen molar-refractivity contribution in [2.75, 3.05) is 4.90 Å². The molecule has 0 unspecified atom stereocenters. The van der Waals surface area contributed by atoms with Gasteiger partial charge in [0.1, 0.15) is 5.69 Å². The van der Waals surface area contributed by atoms with Gasteiger partial charge in [-0.3, -0.25) is 9.59 Å². The van der Waals surface area contributed by atoms with Gasteiger partial charge in [0.25, 0.3) is 11.8 Å². The number of halogens is 6. The zero-order valence-corrected chi connectivity index (χ0v) is 9.82. The number of carbonyl (C=O) groups excluding carboxylic acids is 2. The van der Waals surface area contributed by atoms with Crippen LogP contribution in [0.3, 0.4) is 0 Å². The molecule has 0 bridgehead atoms. The Morgan fingerprint density at radius 2 is 1.14 bits per heavy atom. The number of hydrogen-bond acceptors (Lipinski definition) is 2. The molecule has 0 aliphatic carbocycles. The van der Waals surface area contributed by atoms with Crippen molar-refractivity contribution in [3.05, 3.63) is 47.1 Å². The van der Waals surface area contributed by atoms with Crippen molar-refractivity contribution in [1.82, 2.24) is 0 Å². The molecule has 0 atom stereocenters. The third-order valence-electron chi connectivity index (χ3n) is 2.68. The summed E-state index contributed by atoms with van der Waals surface area (Å²) in [6.07, 6.45) is 0.452. The Morgan fingerprint density at radius 1 is 0.762 bits per heavy atom. The van der Waals surface area contributed by atoms with Crippen molar-refractivity contribution in [2.24, 2.45) is 0 Å². The Kier molecular flexibility index (Phi) is 3.36. The van der Waals surface area contributed by atoms with E-state index in [0.717, 1.165) is 0 Å². The molecule has 2 amide bonds. The fourth-order valence-corrected chi connectivity index (χ4v) is 1.69. The summed E-state index contributed by atoms with van der Waals surface area (Å²) in [6.45, 7) is 2.93. The number of rotatable bonds is 2. The summed E-state index contributed by atoms with van der Waals surface area (Å²) < 4.78 is 80.3. The first-order valence-corrected chi connectivity index (χ1v) is 5.16. The number of imide groups is 1. The van der Waals surface area contributed by atoms with E-state index in [1.807, 2.05) is 0 Å². The van der Waals surface area contributed by atoms with Crippen LogP contribution in [0, 0.1) is 23.3 Å². The smallest absolute Gasteiger partial charge is 0.265 e. The lowest BCUT2D eigenvalue weighted by Gasteiger charge is -2.17. The topological polar surface area (TPSA) is 37.4 Å². The molecule has 0 spiro atoms. The molecular weight excluding hydrogens is 304 g/mol. The van der Waals surface area contributed by atoms with E-state index in [4.69, 9.17) is 0 Å². The molecule has 1 aliphatic heterocycles. The maximum absolute atomic E-state index is 13.7. The predicted octanol–water partition coefficient (Wildman–Crippen LogP) is 2.91. The van der Waals surface area contributed by atoms with Crippen LogP contribution in [-0.4, -0.2) is 11.8 Å². The van der Waals surface area contributed by atoms with Crippen molar-refractivity contribution in [3.8, 4) is 0 Å². The summed E-state index contributed by atoms with van der Waals surface area (Å²) in [5, 5.41) is 0. The van der Waals surface area contributed by atoms with Crippen molar-refractivity contribution in [3.63, 3.8) is 0 Å². The molecule has 21 heavy (non-hydrogen) atoms. The lowest BCUT2D eigenvalue weighted by molar-refractivity contribution is -0.121. The van der Waals surface area contributed by atoms with E-state index >= 15 is 0 Å². The summed E-state index contributed by atoms with van der Waals surface area (Å²) in [4.78, 5) is 21.8. The number of nitrogens with zero attached hydrogens (tertiary/aromatic N) is 1. The van der Waals surface area contributed by atoms with Crippen molar-refractivity contribution in [1.29, 1.82) is 0 Å². The lowest BCUT2D eigenvalue weighted by atomic mass is 10.1. The van der Waals surface area contributed by atoms with Crippen LogP contribution in [0.25, 0.3) is 6.08 Å². The molecule has 1 aromatic rings. The molecule has 1 heterocycles. The second kappa shape index (κ2) is 4.76.